The summed E-state index contributed by atoms with van der Waals surface area (Å²) >= 11 is 0. The number of methoxy groups -OCH3 is 1. The van der Waals surface area contributed by atoms with Gasteiger partial charge in [0.15, 0.2) is 11.5 Å². The molecule has 0 atom stereocenters. The van der Waals surface area contributed by atoms with Crippen LogP contribution >= 0.6 is 0 Å². The first-order chi connectivity index (χ1) is 7.60. The van der Waals surface area contributed by atoms with Gasteiger partial charge < -0.3 is 10.1 Å². The van der Waals surface area contributed by atoms with Crippen molar-refractivity contribution >= 4 is 11.5 Å². The number of likely N-dealkylation sites (N-methyl/N-ethyl adjacent to an activating group) is 1. The van der Waals surface area contributed by atoms with Gasteiger partial charge in [-0.15, -0.1) is 0 Å². The van der Waals surface area contributed by atoms with Crippen LogP contribution in [0.25, 0.3) is 0 Å². The van der Waals surface area contributed by atoms with Crippen LogP contribution in [0.3, 0.4) is 0 Å². The molecule has 1 rings (SSSR count). The Labute approximate surface area is 92.4 Å². The lowest BCUT2D eigenvalue weighted by atomic mass is 10.1. The van der Waals surface area contributed by atoms with Crippen LogP contribution in [0.2, 0.25) is 0 Å². The fourth-order valence-electron chi connectivity index (χ4n) is 1.26. The summed E-state index contributed by atoms with van der Waals surface area (Å²) in [5.41, 5.74) is 0.236. The van der Waals surface area contributed by atoms with Crippen LogP contribution in [0, 0.1) is 10.1 Å². The number of benzene rings is 1. The van der Waals surface area contributed by atoms with Crippen molar-refractivity contribution in [2.45, 2.75) is 0 Å². The van der Waals surface area contributed by atoms with E-state index in [1.807, 2.05) is 0 Å². The minimum Gasteiger partial charge on any atom is -0.490 e. The average molecular weight is 224 g/mol. The Morgan fingerprint density at radius 2 is 2.25 bits per heavy atom. The Kier molecular flexibility index (Phi) is 3.96. The van der Waals surface area contributed by atoms with Gasteiger partial charge in [0.05, 0.1) is 18.6 Å². The zero-order valence-electron chi connectivity index (χ0n) is 9.02. The van der Waals surface area contributed by atoms with Crippen LogP contribution in [-0.2, 0) is 0 Å². The second-order valence-electron chi connectivity index (χ2n) is 3.10. The van der Waals surface area contributed by atoms with Gasteiger partial charge in [-0.05, 0) is 19.2 Å². The first kappa shape index (κ1) is 12.1. The highest BCUT2D eigenvalue weighted by Gasteiger charge is 2.16. The Morgan fingerprint density at radius 1 is 1.56 bits per heavy atom. The van der Waals surface area contributed by atoms with Gasteiger partial charge in [-0.25, -0.2) is 0 Å². The third-order valence-electron chi connectivity index (χ3n) is 2.04. The number of nitro groups is 1. The van der Waals surface area contributed by atoms with Crippen LogP contribution in [-0.4, -0.2) is 31.4 Å². The van der Waals surface area contributed by atoms with Gasteiger partial charge in [0.1, 0.15) is 0 Å². The third kappa shape index (κ3) is 2.54. The summed E-state index contributed by atoms with van der Waals surface area (Å²) in [6, 6.07) is 4.06. The lowest BCUT2D eigenvalue weighted by Crippen LogP contribution is -2.18. The summed E-state index contributed by atoms with van der Waals surface area (Å²) in [5, 5.41) is 13.3. The average Bonchev–Trinajstić information content (AvgIpc) is 2.28. The van der Waals surface area contributed by atoms with E-state index in [4.69, 9.17) is 4.74 Å². The number of rotatable bonds is 5. The Bertz CT molecular complexity index is 417. The van der Waals surface area contributed by atoms with E-state index in [-0.39, 0.29) is 23.8 Å². The quantitative estimate of drug-likeness (QED) is 0.458. The van der Waals surface area contributed by atoms with E-state index in [0.717, 1.165) is 0 Å². The van der Waals surface area contributed by atoms with Gasteiger partial charge in [-0.3, -0.25) is 14.9 Å². The molecule has 0 aromatic heterocycles. The van der Waals surface area contributed by atoms with E-state index in [1.54, 1.807) is 7.05 Å². The molecular formula is C10H12N2O4. The molecule has 6 nitrogen and oxygen atoms in total. The molecule has 86 valence electrons. The molecule has 0 fully saturated rings. The first-order valence-electron chi connectivity index (χ1n) is 4.60. The number of hydrogen-bond donors (Lipinski definition) is 1. The summed E-state index contributed by atoms with van der Waals surface area (Å²) in [4.78, 5) is 21.6. The van der Waals surface area contributed by atoms with Crippen molar-refractivity contribution < 1.29 is 14.5 Å². The number of carbonyl (C=O) groups excluding carboxylic acids is 1. The van der Waals surface area contributed by atoms with Crippen molar-refractivity contribution in [1.82, 2.24) is 5.32 Å². The van der Waals surface area contributed by atoms with E-state index >= 15 is 0 Å². The highest BCUT2D eigenvalue weighted by Crippen LogP contribution is 2.27. The van der Waals surface area contributed by atoms with Crippen molar-refractivity contribution in [3.05, 3.63) is 33.9 Å². The molecule has 0 unspecified atom stereocenters. The normalized spacial score (nSPS) is 9.88. The van der Waals surface area contributed by atoms with Gasteiger partial charge in [0.2, 0.25) is 0 Å². The Hall–Kier alpha value is -1.95. The molecular weight excluding hydrogens is 212 g/mol. The number of nitro benzene ring substituents is 1. The second kappa shape index (κ2) is 5.22. The van der Waals surface area contributed by atoms with Crippen LogP contribution < -0.4 is 10.1 Å². The van der Waals surface area contributed by atoms with Gasteiger partial charge in [-0.1, -0.05) is 0 Å². The molecule has 0 aliphatic rings. The fraction of sp³-hybridized carbons (Fsp3) is 0.300. The molecule has 16 heavy (non-hydrogen) atoms. The summed E-state index contributed by atoms with van der Waals surface area (Å²) in [7, 11) is 2.98. The maximum atomic E-state index is 11.5. The second-order valence-corrected chi connectivity index (χ2v) is 3.10. The number of carbonyl (C=O) groups is 1. The Morgan fingerprint density at radius 3 is 2.75 bits per heavy atom. The first-order valence-corrected chi connectivity index (χ1v) is 4.60. The van der Waals surface area contributed by atoms with Crippen molar-refractivity contribution in [3.63, 3.8) is 0 Å². The zero-order valence-corrected chi connectivity index (χ0v) is 9.02. The molecule has 0 aliphatic carbocycles. The summed E-state index contributed by atoms with van der Waals surface area (Å²) < 4.78 is 4.86. The number of ether oxygens (including phenoxy) is 1. The highest BCUT2D eigenvalue weighted by atomic mass is 16.6. The number of nitrogens with zero attached hydrogens (tertiary/aromatic N) is 1. The van der Waals surface area contributed by atoms with Crippen LogP contribution in [0.1, 0.15) is 10.4 Å². The molecule has 0 aliphatic heterocycles. The Balaban J connectivity index is 3.08. The lowest BCUT2D eigenvalue weighted by molar-refractivity contribution is -0.385. The molecule has 0 bridgehead atoms. The summed E-state index contributed by atoms with van der Waals surface area (Å²) in [5.74, 6) is -0.0531. The van der Waals surface area contributed by atoms with E-state index < -0.39 is 4.92 Å². The maximum absolute atomic E-state index is 11.5. The van der Waals surface area contributed by atoms with Crippen molar-refractivity contribution in [2.24, 2.45) is 0 Å². The molecule has 0 saturated carbocycles. The fourth-order valence-corrected chi connectivity index (χ4v) is 1.26. The molecule has 0 saturated heterocycles. The van der Waals surface area contributed by atoms with E-state index in [1.165, 1.54) is 25.3 Å². The molecule has 0 radical (unpaired) electrons. The number of Topliss-reactive ketones (excluding diaryl/α,β-unsaturated/α-hetero) is 1. The van der Waals surface area contributed by atoms with Crippen LogP contribution in [0.5, 0.6) is 5.75 Å². The predicted octanol–water partition coefficient (Wildman–Crippen LogP) is 1.01. The zero-order chi connectivity index (χ0) is 12.1. The van der Waals surface area contributed by atoms with E-state index in [0.29, 0.717) is 5.56 Å². The maximum Gasteiger partial charge on any atom is 0.310 e. The summed E-state index contributed by atoms with van der Waals surface area (Å²) in [6.45, 7) is 0.182. The topological polar surface area (TPSA) is 81.5 Å². The van der Waals surface area contributed by atoms with Crippen molar-refractivity contribution in [2.75, 3.05) is 20.7 Å². The minimum atomic E-state index is -0.550. The SMILES string of the molecule is CNCC(=O)c1ccc([N+](=O)[O-])c(OC)c1. The lowest BCUT2D eigenvalue weighted by Gasteiger charge is -2.04. The van der Waals surface area contributed by atoms with Crippen LogP contribution in [0.4, 0.5) is 5.69 Å². The molecule has 0 amide bonds. The highest BCUT2D eigenvalue weighted by molar-refractivity contribution is 5.98. The predicted molar refractivity (Wildman–Crippen MR) is 57.9 cm³/mol. The minimum absolute atomic E-state index is 0.0898. The number of ketones is 1. The standard InChI is InChI=1S/C10H12N2O4/c1-11-6-9(13)7-3-4-8(12(14)15)10(5-7)16-2/h3-5,11H,6H2,1-2H3. The third-order valence-corrected chi connectivity index (χ3v) is 2.04. The molecule has 6 heteroatoms. The molecule has 1 aromatic carbocycles. The van der Waals surface area contributed by atoms with Crippen molar-refractivity contribution in [1.29, 1.82) is 0 Å². The molecule has 1 aromatic rings. The van der Waals surface area contributed by atoms with E-state index in [2.05, 4.69) is 5.32 Å². The van der Waals surface area contributed by atoms with Crippen molar-refractivity contribution in [3.8, 4) is 5.75 Å². The number of nitrogens with one attached hydrogen (secondary N) is 1. The van der Waals surface area contributed by atoms with Gasteiger partial charge in [0, 0.05) is 11.6 Å². The van der Waals surface area contributed by atoms with Gasteiger partial charge in [-0.2, -0.15) is 0 Å². The number of hydrogen-bond acceptors (Lipinski definition) is 5. The van der Waals surface area contributed by atoms with Crippen LogP contribution in [0.15, 0.2) is 18.2 Å². The molecule has 1 N–H and O–H groups in total. The largest absolute Gasteiger partial charge is 0.490 e. The summed E-state index contributed by atoms with van der Waals surface area (Å²) in [6.07, 6.45) is 0. The van der Waals surface area contributed by atoms with E-state index in [9.17, 15) is 14.9 Å². The molecule has 0 heterocycles. The smallest absolute Gasteiger partial charge is 0.310 e. The van der Waals surface area contributed by atoms with Gasteiger partial charge in [0.25, 0.3) is 0 Å². The van der Waals surface area contributed by atoms with Gasteiger partial charge >= 0.3 is 5.69 Å². The molecule has 0 spiro atoms. The monoisotopic (exact) mass is 224 g/mol.